The van der Waals surface area contributed by atoms with Crippen LogP contribution in [0.4, 0.5) is 14.5 Å². The monoisotopic (exact) mass is 482 g/mol. The molecule has 2 aliphatic rings. The molecule has 0 saturated carbocycles. The summed E-state index contributed by atoms with van der Waals surface area (Å²) in [6.45, 7) is 3.00. The molecule has 1 atom stereocenters. The van der Waals surface area contributed by atoms with E-state index in [2.05, 4.69) is 20.2 Å². The van der Waals surface area contributed by atoms with Crippen LogP contribution in [-0.2, 0) is 0 Å². The van der Waals surface area contributed by atoms with Gasteiger partial charge in [0.15, 0.2) is 0 Å². The number of likely N-dealkylation sites (tertiary alicyclic amines) is 1. The highest BCUT2D eigenvalue weighted by molar-refractivity contribution is 5.92. The minimum absolute atomic E-state index is 0.00936. The van der Waals surface area contributed by atoms with Gasteiger partial charge in [-0.05, 0) is 50.1 Å². The summed E-state index contributed by atoms with van der Waals surface area (Å²) in [5, 5.41) is 3.02. The van der Waals surface area contributed by atoms with Crippen LogP contribution in [0.5, 0.6) is 0 Å². The molecule has 3 aromatic rings. The van der Waals surface area contributed by atoms with Crippen molar-refractivity contribution in [1.29, 1.82) is 0 Å². The molecule has 1 amide bonds. The van der Waals surface area contributed by atoms with E-state index in [0.29, 0.717) is 35.7 Å². The molecular weight excluding hydrogens is 454 g/mol. The van der Waals surface area contributed by atoms with Gasteiger partial charge < -0.3 is 15.2 Å². The van der Waals surface area contributed by atoms with Gasteiger partial charge in [-0.1, -0.05) is 12.1 Å². The van der Waals surface area contributed by atoms with Gasteiger partial charge in [0.2, 0.25) is 0 Å². The number of halogens is 2. The smallest absolute Gasteiger partial charge is 0.282 e. The van der Waals surface area contributed by atoms with Crippen molar-refractivity contribution < 1.29 is 13.6 Å². The van der Waals surface area contributed by atoms with Crippen LogP contribution in [0.25, 0.3) is 10.9 Å². The fourth-order valence-corrected chi connectivity index (χ4v) is 5.26. The minimum atomic E-state index is -2.76. The molecule has 5 rings (SSSR count). The van der Waals surface area contributed by atoms with E-state index in [9.17, 15) is 18.4 Å². The Morgan fingerprint density at radius 2 is 1.86 bits per heavy atom. The number of benzene rings is 1. The average molecular weight is 483 g/mol. The zero-order valence-electron chi connectivity index (χ0n) is 19.5. The maximum Gasteiger partial charge on any atom is 0.282 e. The summed E-state index contributed by atoms with van der Waals surface area (Å²) in [6.07, 6.45) is -0.159. The second-order valence-electron chi connectivity index (χ2n) is 9.15. The van der Waals surface area contributed by atoms with Crippen molar-refractivity contribution in [3.05, 3.63) is 64.0 Å². The van der Waals surface area contributed by atoms with Crippen molar-refractivity contribution in [2.24, 2.45) is 0 Å². The molecule has 0 aliphatic carbocycles. The highest BCUT2D eigenvalue weighted by Gasteiger charge is 2.33. The van der Waals surface area contributed by atoms with Crippen molar-refractivity contribution in [1.82, 2.24) is 25.2 Å². The van der Waals surface area contributed by atoms with Crippen molar-refractivity contribution in [3.8, 4) is 0 Å². The zero-order chi connectivity index (χ0) is 24.5. The highest BCUT2D eigenvalue weighted by atomic mass is 19.3. The molecule has 1 aromatic carbocycles. The Morgan fingerprint density at radius 3 is 2.60 bits per heavy atom. The summed E-state index contributed by atoms with van der Waals surface area (Å²) in [5.74, 6) is 0.415. The number of carbonyl (C=O) groups excluding carboxylic acids is 1. The largest absolute Gasteiger partial charge is 0.370 e. The van der Waals surface area contributed by atoms with Crippen molar-refractivity contribution >= 4 is 22.5 Å². The van der Waals surface area contributed by atoms with Crippen LogP contribution >= 0.6 is 0 Å². The molecule has 2 fully saturated rings. The maximum absolute atomic E-state index is 13.7. The fourth-order valence-electron chi connectivity index (χ4n) is 5.26. The number of hydrogen-bond acceptors (Lipinski definition) is 6. The number of pyridine rings is 1. The van der Waals surface area contributed by atoms with Gasteiger partial charge in [-0.3, -0.25) is 14.5 Å². The molecule has 2 aromatic heterocycles. The Bertz CT molecular complexity index is 1290. The number of hydrogen-bond donors (Lipinski definition) is 2. The first-order chi connectivity index (χ1) is 16.9. The quantitative estimate of drug-likeness (QED) is 0.581. The molecule has 1 unspecified atom stereocenters. The van der Waals surface area contributed by atoms with Crippen molar-refractivity contribution in [3.63, 3.8) is 0 Å². The van der Waals surface area contributed by atoms with Crippen LogP contribution in [0.1, 0.15) is 53.6 Å². The molecule has 0 radical (unpaired) electrons. The first-order valence-corrected chi connectivity index (χ1v) is 11.9. The number of rotatable bonds is 5. The predicted octanol–water partition coefficient (Wildman–Crippen LogP) is 3.07. The molecule has 2 N–H and O–H groups in total. The lowest BCUT2D eigenvalue weighted by atomic mass is 10.0. The van der Waals surface area contributed by atoms with Gasteiger partial charge >= 0.3 is 0 Å². The predicted molar refractivity (Wildman–Crippen MR) is 129 cm³/mol. The van der Waals surface area contributed by atoms with E-state index in [-0.39, 0.29) is 22.9 Å². The lowest BCUT2D eigenvalue weighted by Gasteiger charge is -2.38. The van der Waals surface area contributed by atoms with Gasteiger partial charge in [0.05, 0.1) is 16.6 Å². The number of para-hydroxylation sites is 1. The first kappa shape index (κ1) is 23.3. The van der Waals surface area contributed by atoms with Crippen LogP contribution in [0.15, 0.2) is 41.2 Å². The first-order valence-electron chi connectivity index (χ1n) is 11.9. The molecule has 35 heavy (non-hydrogen) atoms. The second kappa shape index (κ2) is 9.69. The van der Waals surface area contributed by atoms with Crippen LogP contribution in [0.2, 0.25) is 0 Å². The second-order valence-corrected chi connectivity index (χ2v) is 9.15. The Kier molecular flexibility index (Phi) is 6.46. The summed E-state index contributed by atoms with van der Waals surface area (Å²) < 4.78 is 27.4. The lowest BCUT2D eigenvalue weighted by molar-refractivity contribution is 0.0956. The number of piperidine rings is 1. The third kappa shape index (κ3) is 4.62. The third-order valence-corrected chi connectivity index (χ3v) is 7.13. The number of carbonyl (C=O) groups is 1. The van der Waals surface area contributed by atoms with E-state index in [1.165, 1.54) is 13.1 Å². The van der Waals surface area contributed by atoms with E-state index < -0.39 is 12.3 Å². The summed E-state index contributed by atoms with van der Waals surface area (Å²) >= 11 is 0. The molecular formula is C25H28F2N6O2. The molecule has 184 valence electrons. The standard InChI is InChI=1S/C25H28F2N6O2/c1-28-25(35)19-6-7-20(21(29-19)22(26)27)32-12-9-16(10-13-32)33-11-8-15(14-33)23-30-18-5-3-2-4-17(18)24(34)31-23/h2-7,15-16,22H,8-14H2,1H3,(H,28,35)(H,30,31,34). The number of nitrogens with one attached hydrogen (secondary N) is 2. The number of H-pyrrole nitrogens is 1. The fraction of sp³-hybridized carbons (Fsp3) is 0.440. The van der Waals surface area contributed by atoms with E-state index in [1.807, 2.05) is 23.1 Å². The van der Waals surface area contributed by atoms with E-state index in [4.69, 9.17) is 4.98 Å². The molecule has 0 bridgehead atoms. The number of alkyl halides is 2. The van der Waals surface area contributed by atoms with Crippen molar-refractivity contribution in [2.75, 3.05) is 38.1 Å². The zero-order valence-corrected chi connectivity index (χ0v) is 19.5. The normalized spacial score (nSPS) is 19.5. The van der Waals surface area contributed by atoms with Gasteiger partial charge in [-0.2, -0.15) is 0 Å². The van der Waals surface area contributed by atoms with Gasteiger partial charge in [0.1, 0.15) is 17.2 Å². The minimum Gasteiger partial charge on any atom is -0.370 e. The summed E-state index contributed by atoms with van der Waals surface area (Å²) in [7, 11) is 1.45. The number of anilines is 1. The van der Waals surface area contributed by atoms with E-state index in [0.717, 1.165) is 38.2 Å². The van der Waals surface area contributed by atoms with Gasteiger partial charge in [0.25, 0.3) is 17.9 Å². The number of nitrogens with zero attached hydrogens (tertiary/aromatic N) is 4. The SMILES string of the molecule is CNC(=O)c1ccc(N2CCC(N3CCC(c4nc5ccccc5c(=O)[nH]4)C3)CC2)c(C(F)F)n1. The molecule has 2 aliphatic heterocycles. The van der Waals surface area contributed by atoms with Crippen LogP contribution in [0, 0.1) is 0 Å². The summed E-state index contributed by atoms with van der Waals surface area (Å²) in [5.41, 5.74) is 0.637. The third-order valence-electron chi connectivity index (χ3n) is 7.13. The molecule has 8 nitrogen and oxygen atoms in total. The van der Waals surface area contributed by atoms with Crippen LogP contribution in [0.3, 0.4) is 0 Å². The average Bonchev–Trinajstić information content (AvgIpc) is 3.38. The maximum atomic E-state index is 13.7. The van der Waals surface area contributed by atoms with Gasteiger partial charge in [-0.15, -0.1) is 0 Å². The summed E-state index contributed by atoms with van der Waals surface area (Å²) in [4.78, 5) is 40.3. The molecule has 10 heteroatoms. The van der Waals surface area contributed by atoms with Gasteiger partial charge in [0, 0.05) is 38.6 Å². The van der Waals surface area contributed by atoms with Gasteiger partial charge in [-0.25, -0.2) is 18.7 Å². The van der Waals surface area contributed by atoms with Crippen LogP contribution < -0.4 is 15.8 Å². The van der Waals surface area contributed by atoms with E-state index in [1.54, 1.807) is 12.1 Å². The molecule has 2 saturated heterocycles. The number of aromatic amines is 1. The Balaban J connectivity index is 1.25. The summed E-state index contributed by atoms with van der Waals surface area (Å²) in [6, 6.07) is 10.8. The highest BCUT2D eigenvalue weighted by Crippen LogP contribution is 2.33. The van der Waals surface area contributed by atoms with Crippen LogP contribution in [-0.4, -0.2) is 65.0 Å². The topological polar surface area (TPSA) is 94.2 Å². The number of aromatic nitrogens is 3. The Morgan fingerprint density at radius 1 is 1.09 bits per heavy atom. The molecule has 4 heterocycles. The Labute approximate surface area is 201 Å². The number of amides is 1. The Hall–Kier alpha value is -3.40. The van der Waals surface area contributed by atoms with E-state index >= 15 is 0 Å². The number of fused-ring (bicyclic) bond motifs is 1. The van der Waals surface area contributed by atoms with Crippen molar-refractivity contribution in [2.45, 2.75) is 37.6 Å². The lowest BCUT2D eigenvalue weighted by Crippen LogP contribution is -2.44. The molecule has 0 spiro atoms.